The van der Waals surface area contributed by atoms with E-state index in [4.69, 9.17) is 0 Å². The topological polar surface area (TPSA) is 33.2 Å². The predicted molar refractivity (Wildman–Crippen MR) is 72.8 cm³/mol. The molecule has 1 aliphatic heterocycles. The van der Waals surface area contributed by atoms with Crippen LogP contribution in [0.4, 0.5) is 5.82 Å². The molecule has 18 heavy (non-hydrogen) atoms. The smallest absolute Gasteiger partial charge is 0.227 e. The lowest BCUT2D eigenvalue weighted by Crippen LogP contribution is -2.28. The number of aryl methyl sites for hydroxylation is 1. The van der Waals surface area contributed by atoms with Crippen molar-refractivity contribution in [3.05, 3.63) is 35.4 Å². The molecule has 1 aliphatic rings. The van der Waals surface area contributed by atoms with Gasteiger partial charge < -0.3 is 0 Å². The van der Waals surface area contributed by atoms with Gasteiger partial charge in [0.05, 0.1) is 5.52 Å². The molecule has 0 N–H and O–H groups in total. The quantitative estimate of drug-likeness (QED) is 0.768. The monoisotopic (exact) mass is 240 g/mol. The van der Waals surface area contributed by atoms with Crippen molar-refractivity contribution in [1.29, 1.82) is 0 Å². The molecule has 3 nitrogen and oxygen atoms in total. The van der Waals surface area contributed by atoms with Gasteiger partial charge in [0.1, 0.15) is 5.82 Å². The van der Waals surface area contributed by atoms with E-state index in [1.165, 1.54) is 11.1 Å². The Kier molecular flexibility index (Phi) is 2.54. The normalized spacial score (nSPS) is 14.0. The van der Waals surface area contributed by atoms with Crippen LogP contribution < -0.4 is 4.90 Å². The van der Waals surface area contributed by atoms with Gasteiger partial charge in [-0.15, -0.1) is 0 Å². The van der Waals surface area contributed by atoms with E-state index < -0.39 is 0 Å². The minimum Gasteiger partial charge on any atom is -0.296 e. The maximum Gasteiger partial charge on any atom is 0.227 e. The Morgan fingerprint density at radius 1 is 1.39 bits per heavy atom. The third-order valence-electron chi connectivity index (χ3n) is 3.49. The minimum absolute atomic E-state index is 0.160. The highest BCUT2D eigenvalue weighted by Crippen LogP contribution is 2.30. The van der Waals surface area contributed by atoms with Crippen molar-refractivity contribution in [1.82, 2.24) is 4.98 Å². The van der Waals surface area contributed by atoms with Crippen molar-refractivity contribution in [2.75, 3.05) is 11.4 Å². The van der Waals surface area contributed by atoms with Gasteiger partial charge in [0, 0.05) is 18.4 Å². The average molecular weight is 240 g/mol. The molecule has 0 bridgehead atoms. The Morgan fingerprint density at radius 3 is 3.00 bits per heavy atom. The summed E-state index contributed by atoms with van der Waals surface area (Å²) in [4.78, 5) is 18.4. The van der Waals surface area contributed by atoms with Crippen LogP contribution in [0.1, 0.15) is 24.5 Å². The maximum atomic E-state index is 11.9. The minimum atomic E-state index is 0.160. The lowest BCUT2D eigenvalue weighted by molar-refractivity contribution is -0.118. The highest BCUT2D eigenvalue weighted by Gasteiger charge is 2.25. The van der Waals surface area contributed by atoms with Crippen LogP contribution in [0.3, 0.4) is 0 Å². The van der Waals surface area contributed by atoms with Crippen LogP contribution in [-0.4, -0.2) is 17.4 Å². The number of benzene rings is 1. The van der Waals surface area contributed by atoms with Gasteiger partial charge in [0.25, 0.3) is 0 Å². The molecule has 1 aromatic carbocycles. The lowest BCUT2D eigenvalue weighted by Gasteiger charge is -2.15. The number of rotatable bonds is 1. The number of pyridine rings is 1. The SMILES string of the molecule is CCC(=O)N1CCc2cc3ccc(C)cc3nc21. The maximum absolute atomic E-state index is 11.9. The van der Waals surface area contributed by atoms with Crippen LogP contribution >= 0.6 is 0 Å². The first-order chi connectivity index (χ1) is 8.69. The van der Waals surface area contributed by atoms with E-state index in [1.807, 2.05) is 11.8 Å². The van der Waals surface area contributed by atoms with Crippen LogP contribution in [0.15, 0.2) is 24.3 Å². The van der Waals surface area contributed by atoms with Gasteiger partial charge in [-0.3, -0.25) is 9.69 Å². The van der Waals surface area contributed by atoms with Crippen molar-refractivity contribution in [3.63, 3.8) is 0 Å². The molecular weight excluding hydrogens is 224 g/mol. The summed E-state index contributed by atoms with van der Waals surface area (Å²) in [5.74, 6) is 1.02. The number of anilines is 1. The molecule has 0 atom stereocenters. The van der Waals surface area contributed by atoms with Gasteiger partial charge in [0.2, 0.25) is 5.91 Å². The number of carbonyl (C=O) groups is 1. The summed E-state index contributed by atoms with van der Waals surface area (Å²) in [5, 5.41) is 1.16. The van der Waals surface area contributed by atoms with E-state index in [-0.39, 0.29) is 5.91 Å². The van der Waals surface area contributed by atoms with Gasteiger partial charge in [-0.1, -0.05) is 19.1 Å². The number of fused-ring (bicyclic) bond motifs is 2. The summed E-state index contributed by atoms with van der Waals surface area (Å²) < 4.78 is 0. The summed E-state index contributed by atoms with van der Waals surface area (Å²) in [7, 11) is 0. The average Bonchev–Trinajstić information content (AvgIpc) is 2.78. The molecule has 0 unspecified atom stereocenters. The number of nitrogens with zero attached hydrogens (tertiary/aromatic N) is 2. The summed E-state index contributed by atoms with van der Waals surface area (Å²) in [6, 6.07) is 8.44. The first-order valence-corrected chi connectivity index (χ1v) is 6.39. The highest BCUT2D eigenvalue weighted by molar-refractivity contribution is 5.96. The largest absolute Gasteiger partial charge is 0.296 e. The van der Waals surface area contributed by atoms with Crippen molar-refractivity contribution in [2.24, 2.45) is 0 Å². The second-order valence-electron chi connectivity index (χ2n) is 4.82. The number of amides is 1. The number of aromatic nitrogens is 1. The Labute approximate surface area is 106 Å². The second kappa shape index (κ2) is 4.09. The molecule has 0 saturated heterocycles. The van der Waals surface area contributed by atoms with Crippen molar-refractivity contribution in [2.45, 2.75) is 26.7 Å². The van der Waals surface area contributed by atoms with E-state index >= 15 is 0 Å². The third-order valence-corrected chi connectivity index (χ3v) is 3.49. The molecule has 0 spiro atoms. The molecule has 2 heterocycles. The fraction of sp³-hybridized carbons (Fsp3) is 0.333. The van der Waals surface area contributed by atoms with Crippen LogP contribution in [-0.2, 0) is 11.2 Å². The lowest BCUT2D eigenvalue weighted by atomic mass is 10.1. The molecule has 3 heteroatoms. The van der Waals surface area contributed by atoms with Gasteiger partial charge in [-0.25, -0.2) is 4.98 Å². The van der Waals surface area contributed by atoms with E-state index in [0.717, 1.165) is 29.7 Å². The molecule has 3 rings (SSSR count). The van der Waals surface area contributed by atoms with E-state index in [9.17, 15) is 4.79 Å². The standard InChI is InChI=1S/C15H16N2O/c1-3-14(18)17-7-6-12-9-11-5-4-10(2)8-13(11)16-15(12)17/h4-5,8-9H,3,6-7H2,1-2H3. The molecule has 1 aromatic heterocycles. The summed E-state index contributed by atoms with van der Waals surface area (Å²) in [6.07, 6.45) is 1.45. The summed E-state index contributed by atoms with van der Waals surface area (Å²) in [5.41, 5.74) is 3.36. The van der Waals surface area contributed by atoms with Crippen LogP contribution in [0.2, 0.25) is 0 Å². The third kappa shape index (κ3) is 1.67. The van der Waals surface area contributed by atoms with E-state index in [2.05, 4.69) is 36.2 Å². The number of hydrogen-bond donors (Lipinski definition) is 0. The van der Waals surface area contributed by atoms with Crippen LogP contribution in [0.25, 0.3) is 10.9 Å². The molecule has 1 amide bonds. The number of carbonyl (C=O) groups excluding carboxylic acids is 1. The van der Waals surface area contributed by atoms with Crippen molar-refractivity contribution < 1.29 is 4.79 Å². The Hall–Kier alpha value is -1.90. The Bertz CT molecular complexity index is 634. The molecular formula is C15H16N2O. The second-order valence-corrected chi connectivity index (χ2v) is 4.82. The predicted octanol–water partition coefficient (Wildman–Crippen LogP) is 2.84. The molecule has 0 radical (unpaired) electrons. The van der Waals surface area contributed by atoms with Gasteiger partial charge in [-0.2, -0.15) is 0 Å². The summed E-state index contributed by atoms with van der Waals surface area (Å²) >= 11 is 0. The van der Waals surface area contributed by atoms with Gasteiger partial charge >= 0.3 is 0 Å². The molecule has 0 aliphatic carbocycles. The Balaban J connectivity index is 2.16. The molecule has 0 saturated carbocycles. The Morgan fingerprint density at radius 2 is 2.22 bits per heavy atom. The first-order valence-electron chi connectivity index (χ1n) is 6.39. The zero-order valence-electron chi connectivity index (χ0n) is 10.7. The molecule has 92 valence electrons. The summed E-state index contributed by atoms with van der Waals surface area (Å²) in [6.45, 7) is 4.72. The van der Waals surface area contributed by atoms with Gasteiger partial charge in [-0.05, 0) is 36.6 Å². The van der Waals surface area contributed by atoms with E-state index in [0.29, 0.717) is 6.42 Å². The fourth-order valence-electron chi connectivity index (χ4n) is 2.50. The molecule has 2 aromatic rings. The van der Waals surface area contributed by atoms with E-state index in [1.54, 1.807) is 0 Å². The van der Waals surface area contributed by atoms with Crippen LogP contribution in [0, 0.1) is 6.92 Å². The highest BCUT2D eigenvalue weighted by atomic mass is 16.2. The van der Waals surface area contributed by atoms with Crippen molar-refractivity contribution >= 4 is 22.6 Å². The van der Waals surface area contributed by atoms with Gasteiger partial charge in [0.15, 0.2) is 0 Å². The molecule has 0 fully saturated rings. The zero-order valence-corrected chi connectivity index (χ0v) is 10.7. The number of hydrogen-bond acceptors (Lipinski definition) is 2. The zero-order chi connectivity index (χ0) is 12.7. The first kappa shape index (κ1) is 11.2. The van der Waals surface area contributed by atoms with Crippen molar-refractivity contribution in [3.8, 4) is 0 Å². The fourth-order valence-corrected chi connectivity index (χ4v) is 2.50. The van der Waals surface area contributed by atoms with Crippen LogP contribution in [0.5, 0.6) is 0 Å².